The molecule has 1 heterocycles. The molecule has 0 aromatic carbocycles. The minimum Gasteiger partial charge on any atom is -0.394 e. The number of hydrogen-bond donors (Lipinski definition) is 3. The van der Waals surface area contributed by atoms with Crippen LogP contribution in [-0.2, 0) is 9.47 Å². The predicted molar refractivity (Wildman–Crippen MR) is 104 cm³/mol. The van der Waals surface area contributed by atoms with Gasteiger partial charge in [-0.2, -0.15) is 0 Å². The van der Waals surface area contributed by atoms with Crippen molar-refractivity contribution in [2.24, 2.45) is 0 Å². The second-order valence-electron chi connectivity index (χ2n) is 7.34. The molecule has 1 aliphatic heterocycles. The highest BCUT2D eigenvalue weighted by molar-refractivity contribution is 4.87. The second-order valence-corrected chi connectivity index (χ2v) is 7.34. The van der Waals surface area contributed by atoms with Crippen molar-refractivity contribution in [3.8, 4) is 0 Å². The van der Waals surface area contributed by atoms with E-state index in [1.807, 2.05) is 0 Å². The van der Waals surface area contributed by atoms with Gasteiger partial charge in [-0.15, -0.1) is 0 Å². The standard InChI is InChI=1S/C21H40O5/c1-2-3-4-5-6-7-8-9-10-11-12-13-14-15-25-21-19(16-22)26-17-18(23)20(21)24/h2-3,18-24H,4-17H2,1H3/b3-2+/t18-,19+,20+,21+/m1/s1. The van der Waals surface area contributed by atoms with E-state index in [1.54, 1.807) is 0 Å². The maximum Gasteiger partial charge on any atom is 0.114 e. The van der Waals surface area contributed by atoms with Crippen LogP contribution in [0.4, 0.5) is 0 Å². The highest BCUT2D eigenvalue weighted by atomic mass is 16.6. The lowest BCUT2D eigenvalue weighted by atomic mass is 10.0. The molecule has 0 amide bonds. The van der Waals surface area contributed by atoms with Gasteiger partial charge >= 0.3 is 0 Å². The molecular weight excluding hydrogens is 332 g/mol. The van der Waals surface area contributed by atoms with Crippen LogP contribution in [0.5, 0.6) is 0 Å². The third kappa shape index (κ3) is 10.0. The zero-order chi connectivity index (χ0) is 19.0. The molecule has 0 aromatic heterocycles. The maximum atomic E-state index is 9.97. The van der Waals surface area contributed by atoms with Gasteiger partial charge in [-0.1, -0.05) is 63.5 Å². The van der Waals surface area contributed by atoms with E-state index in [2.05, 4.69) is 19.1 Å². The minimum absolute atomic E-state index is 0.0437. The number of aliphatic hydroxyl groups is 3. The van der Waals surface area contributed by atoms with E-state index in [4.69, 9.17) is 9.47 Å². The summed E-state index contributed by atoms with van der Waals surface area (Å²) >= 11 is 0. The monoisotopic (exact) mass is 372 g/mol. The fraction of sp³-hybridized carbons (Fsp3) is 0.905. The summed E-state index contributed by atoms with van der Waals surface area (Å²) in [6.07, 6.45) is 15.0. The summed E-state index contributed by atoms with van der Waals surface area (Å²) in [5, 5.41) is 28.9. The fourth-order valence-electron chi connectivity index (χ4n) is 3.38. The number of allylic oxidation sites excluding steroid dienone is 2. The van der Waals surface area contributed by atoms with E-state index in [1.165, 1.54) is 57.8 Å². The van der Waals surface area contributed by atoms with Gasteiger partial charge in [0.1, 0.15) is 24.4 Å². The van der Waals surface area contributed by atoms with Gasteiger partial charge < -0.3 is 24.8 Å². The lowest BCUT2D eigenvalue weighted by Gasteiger charge is -2.37. The summed E-state index contributed by atoms with van der Waals surface area (Å²) in [5.74, 6) is 0. The molecular formula is C21H40O5. The SMILES string of the molecule is C/C=C/CCCCCCCCCCCCO[C@@H]1[C@@H](O)[C@H](O)CO[C@H]1CO. The molecule has 1 aliphatic rings. The molecule has 5 heteroatoms. The number of rotatable bonds is 15. The Balaban J connectivity index is 1.91. The van der Waals surface area contributed by atoms with Crippen molar-refractivity contribution in [2.75, 3.05) is 19.8 Å². The van der Waals surface area contributed by atoms with Crippen molar-refractivity contribution in [1.82, 2.24) is 0 Å². The van der Waals surface area contributed by atoms with Gasteiger partial charge in [0.2, 0.25) is 0 Å². The lowest BCUT2D eigenvalue weighted by Crippen LogP contribution is -2.55. The predicted octanol–water partition coefficient (Wildman–Crippen LogP) is 3.35. The molecule has 154 valence electrons. The van der Waals surface area contributed by atoms with E-state index in [9.17, 15) is 15.3 Å². The van der Waals surface area contributed by atoms with Crippen molar-refractivity contribution >= 4 is 0 Å². The van der Waals surface area contributed by atoms with Gasteiger partial charge in [0, 0.05) is 6.61 Å². The molecule has 1 saturated heterocycles. The van der Waals surface area contributed by atoms with E-state index < -0.39 is 24.4 Å². The van der Waals surface area contributed by atoms with Crippen LogP contribution in [0.1, 0.15) is 77.6 Å². The van der Waals surface area contributed by atoms with Crippen molar-refractivity contribution in [3.05, 3.63) is 12.2 Å². The first kappa shape index (κ1) is 23.6. The Morgan fingerprint density at radius 3 is 2.08 bits per heavy atom. The summed E-state index contributed by atoms with van der Waals surface area (Å²) in [5.41, 5.74) is 0. The van der Waals surface area contributed by atoms with Crippen LogP contribution in [0.15, 0.2) is 12.2 Å². The molecule has 4 atom stereocenters. The summed E-state index contributed by atoms with van der Waals surface area (Å²) in [4.78, 5) is 0. The number of unbranched alkanes of at least 4 members (excludes halogenated alkanes) is 10. The van der Waals surface area contributed by atoms with E-state index in [-0.39, 0.29) is 13.2 Å². The van der Waals surface area contributed by atoms with Crippen molar-refractivity contribution in [1.29, 1.82) is 0 Å². The van der Waals surface area contributed by atoms with Gasteiger partial charge in [0.15, 0.2) is 0 Å². The Labute approximate surface area is 159 Å². The van der Waals surface area contributed by atoms with E-state index >= 15 is 0 Å². The minimum atomic E-state index is -0.987. The van der Waals surface area contributed by atoms with Gasteiger partial charge in [-0.05, 0) is 26.2 Å². The van der Waals surface area contributed by atoms with Crippen LogP contribution in [0, 0.1) is 0 Å². The molecule has 0 aliphatic carbocycles. The molecule has 26 heavy (non-hydrogen) atoms. The van der Waals surface area contributed by atoms with E-state index in [0.717, 1.165) is 12.8 Å². The first-order valence-corrected chi connectivity index (χ1v) is 10.5. The van der Waals surface area contributed by atoms with Gasteiger partial charge in [0.25, 0.3) is 0 Å². The van der Waals surface area contributed by atoms with Crippen molar-refractivity contribution in [2.45, 2.75) is 102 Å². The quantitative estimate of drug-likeness (QED) is 0.303. The van der Waals surface area contributed by atoms with Crippen LogP contribution in [0.3, 0.4) is 0 Å². The normalized spacial score (nSPS) is 26.6. The Morgan fingerprint density at radius 2 is 1.50 bits per heavy atom. The van der Waals surface area contributed by atoms with Crippen LogP contribution in [0.25, 0.3) is 0 Å². The smallest absolute Gasteiger partial charge is 0.114 e. The number of ether oxygens (including phenoxy) is 2. The summed E-state index contributed by atoms with van der Waals surface area (Å²) < 4.78 is 11.0. The van der Waals surface area contributed by atoms with Crippen molar-refractivity contribution < 1.29 is 24.8 Å². The molecule has 0 bridgehead atoms. The van der Waals surface area contributed by atoms with Gasteiger partial charge in [-0.3, -0.25) is 0 Å². The average molecular weight is 373 g/mol. The molecule has 1 fully saturated rings. The third-order valence-corrected chi connectivity index (χ3v) is 5.07. The van der Waals surface area contributed by atoms with Crippen LogP contribution >= 0.6 is 0 Å². The largest absolute Gasteiger partial charge is 0.394 e. The van der Waals surface area contributed by atoms with Crippen LogP contribution in [-0.4, -0.2) is 59.6 Å². The molecule has 0 unspecified atom stereocenters. The number of aliphatic hydroxyl groups excluding tert-OH is 3. The van der Waals surface area contributed by atoms with E-state index in [0.29, 0.717) is 6.61 Å². The summed E-state index contributed by atoms with van der Waals surface area (Å²) in [7, 11) is 0. The highest BCUT2D eigenvalue weighted by Crippen LogP contribution is 2.19. The Hall–Kier alpha value is -0.460. The molecule has 0 radical (unpaired) electrons. The average Bonchev–Trinajstić information content (AvgIpc) is 2.65. The lowest BCUT2D eigenvalue weighted by molar-refractivity contribution is -0.211. The molecule has 5 nitrogen and oxygen atoms in total. The highest BCUT2D eigenvalue weighted by Gasteiger charge is 2.39. The second kappa shape index (κ2) is 15.6. The van der Waals surface area contributed by atoms with Crippen molar-refractivity contribution in [3.63, 3.8) is 0 Å². The fourth-order valence-corrected chi connectivity index (χ4v) is 3.38. The number of hydrogen-bond acceptors (Lipinski definition) is 5. The third-order valence-electron chi connectivity index (χ3n) is 5.07. The Bertz CT molecular complexity index is 345. The van der Waals surface area contributed by atoms with Gasteiger partial charge in [-0.25, -0.2) is 0 Å². The Kier molecular flexibility index (Phi) is 14.1. The zero-order valence-corrected chi connectivity index (χ0v) is 16.5. The van der Waals surface area contributed by atoms with Crippen LogP contribution < -0.4 is 0 Å². The molecule has 3 N–H and O–H groups in total. The topological polar surface area (TPSA) is 79.2 Å². The van der Waals surface area contributed by atoms with Crippen LogP contribution in [0.2, 0.25) is 0 Å². The summed E-state index contributed by atoms with van der Waals surface area (Å²) in [6.45, 7) is 2.45. The molecule has 1 rings (SSSR count). The zero-order valence-electron chi connectivity index (χ0n) is 16.5. The summed E-state index contributed by atoms with van der Waals surface area (Å²) in [6, 6.07) is 0. The first-order valence-electron chi connectivity index (χ1n) is 10.5. The maximum absolute atomic E-state index is 9.97. The Morgan fingerprint density at radius 1 is 0.923 bits per heavy atom. The molecule has 0 aromatic rings. The van der Waals surface area contributed by atoms with Gasteiger partial charge in [0.05, 0.1) is 13.2 Å². The first-order chi connectivity index (χ1) is 12.7. The molecule has 0 spiro atoms. The molecule has 0 saturated carbocycles.